The first-order valence-corrected chi connectivity index (χ1v) is 7.57. The van der Waals surface area contributed by atoms with Crippen LogP contribution in [0.15, 0.2) is 43.7 Å². The van der Waals surface area contributed by atoms with E-state index < -0.39 is 0 Å². The third-order valence-electron chi connectivity index (χ3n) is 3.12. The fourth-order valence-corrected chi connectivity index (χ4v) is 3.11. The molecule has 1 heterocycles. The lowest BCUT2D eigenvalue weighted by Crippen LogP contribution is -1.83. The van der Waals surface area contributed by atoms with E-state index in [0.717, 1.165) is 36.9 Å². The Morgan fingerprint density at radius 2 is 1.80 bits per heavy atom. The van der Waals surface area contributed by atoms with E-state index in [2.05, 4.69) is 36.8 Å². The van der Waals surface area contributed by atoms with Gasteiger partial charge >= 0.3 is 0 Å². The fourth-order valence-electron chi connectivity index (χ4n) is 1.93. The van der Waals surface area contributed by atoms with Gasteiger partial charge in [-0.15, -0.1) is 0 Å². The SMILES string of the molecule is COc1ccc2oc(-c3cc(Br)c(C)c(Br)c3)nc2c1. The lowest BCUT2D eigenvalue weighted by molar-refractivity contribution is 0.415. The maximum absolute atomic E-state index is 5.80. The molecule has 0 saturated heterocycles. The molecule has 1 aromatic heterocycles. The second-order valence-electron chi connectivity index (χ2n) is 4.42. The number of ether oxygens (including phenoxy) is 1. The molecule has 20 heavy (non-hydrogen) atoms. The van der Waals surface area contributed by atoms with Crippen molar-refractivity contribution in [2.24, 2.45) is 0 Å². The average Bonchev–Trinajstić information content (AvgIpc) is 2.86. The van der Waals surface area contributed by atoms with E-state index in [1.165, 1.54) is 0 Å². The molecule has 3 rings (SSSR count). The number of fused-ring (bicyclic) bond motifs is 1. The van der Waals surface area contributed by atoms with Gasteiger partial charge in [0.1, 0.15) is 11.3 Å². The molecule has 0 aliphatic rings. The Labute approximate surface area is 133 Å². The van der Waals surface area contributed by atoms with Crippen LogP contribution >= 0.6 is 31.9 Å². The number of nitrogens with zero attached hydrogens (tertiary/aromatic N) is 1. The van der Waals surface area contributed by atoms with Gasteiger partial charge in [0.25, 0.3) is 0 Å². The summed E-state index contributed by atoms with van der Waals surface area (Å²) < 4.78 is 13.0. The van der Waals surface area contributed by atoms with Crippen molar-refractivity contribution in [3.8, 4) is 17.2 Å². The zero-order chi connectivity index (χ0) is 14.3. The van der Waals surface area contributed by atoms with E-state index in [4.69, 9.17) is 9.15 Å². The molecule has 0 amide bonds. The van der Waals surface area contributed by atoms with Crippen LogP contribution in [0.2, 0.25) is 0 Å². The average molecular weight is 397 g/mol. The van der Waals surface area contributed by atoms with Crippen molar-refractivity contribution in [3.05, 3.63) is 44.8 Å². The second-order valence-corrected chi connectivity index (χ2v) is 6.13. The monoisotopic (exact) mass is 395 g/mol. The minimum absolute atomic E-state index is 0.592. The maximum Gasteiger partial charge on any atom is 0.227 e. The Balaban J connectivity index is 2.14. The van der Waals surface area contributed by atoms with E-state index in [-0.39, 0.29) is 0 Å². The molecule has 0 saturated carbocycles. The molecular weight excluding hydrogens is 386 g/mol. The van der Waals surface area contributed by atoms with Gasteiger partial charge in [-0.25, -0.2) is 4.98 Å². The molecule has 0 unspecified atom stereocenters. The number of rotatable bonds is 2. The van der Waals surface area contributed by atoms with Gasteiger partial charge in [0.2, 0.25) is 5.89 Å². The van der Waals surface area contributed by atoms with Crippen LogP contribution in [0.25, 0.3) is 22.6 Å². The molecule has 0 atom stereocenters. The minimum atomic E-state index is 0.592. The molecule has 0 bridgehead atoms. The lowest BCUT2D eigenvalue weighted by atomic mass is 10.1. The largest absolute Gasteiger partial charge is 0.497 e. The van der Waals surface area contributed by atoms with Gasteiger partial charge in [0, 0.05) is 20.6 Å². The Bertz CT molecular complexity index is 773. The maximum atomic E-state index is 5.80. The van der Waals surface area contributed by atoms with Crippen molar-refractivity contribution in [1.29, 1.82) is 0 Å². The van der Waals surface area contributed by atoms with Gasteiger partial charge in [-0.2, -0.15) is 0 Å². The van der Waals surface area contributed by atoms with Crippen LogP contribution in [0.4, 0.5) is 0 Å². The molecule has 0 fully saturated rings. The first kappa shape index (κ1) is 13.6. The highest BCUT2D eigenvalue weighted by Gasteiger charge is 2.12. The highest BCUT2D eigenvalue weighted by Crippen LogP contribution is 2.33. The number of hydrogen-bond donors (Lipinski definition) is 0. The molecular formula is C15H11Br2NO2. The summed E-state index contributed by atoms with van der Waals surface area (Å²) in [7, 11) is 1.64. The highest BCUT2D eigenvalue weighted by molar-refractivity contribution is 9.11. The van der Waals surface area contributed by atoms with Crippen LogP contribution in [-0.2, 0) is 0 Å². The number of benzene rings is 2. The van der Waals surface area contributed by atoms with E-state index in [1.807, 2.05) is 37.3 Å². The summed E-state index contributed by atoms with van der Waals surface area (Å²) in [5.41, 5.74) is 3.59. The highest BCUT2D eigenvalue weighted by atomic mass is 79.9. The van der Waals surface area contributed by atoms with Gasteiger partial charge < -0.3 is 9.15 Å². The molecule has 3 aromatic rings. The molecule has 5 heteroatoms. The Hall–Kier alpha value is -1.33. The van der Waals surface area contributed by atoms with Crippen LogP contribution < -0.4 is 4.74 Å². The summed E-state index contributed by atoms with van der Waals surface area (Å²) >= 11 is 7.08. The predicted molar refractivity (Wildman–Crippen MR) is 86.1 cm³/mol. The Morgan fingerprint density at radius 3 is 2.45 bits per heavy atom. The zero-order valence-electron chi connectivity index (χ0n) is 10.9. The van der Waals surface area contributed by atoms with Gasteiger partial charge in [0.15, 0.2) is 5.58 Å². The molecule has 0 aliphatic heterocycles. The number of halogens is 2. The van der Waals surface area contributed by atoms with Crippen molar-refractivity contribution in [2.45, 2.75) is 6.92 Å². The first-order chi connectivity index (χ1) is 9.58. The van der Waals surface area contributed by atoms with E-state index >= 15 is 0 Å². The first-order valence-electron chi connectivity index (χ1n) is 5.99. The third kappa shape index (κ3) is 2.36. The van der Waals surface area contributed by atoms with Crippen LogP contribution in [0, 0.1) is 6.92 Å². The fraction of sp³-hybridized carbons (Fsp3) is 0.133. The molecule has 0 N–H and O–H groups in total. The number of hydrogen-bond acceptors (Lipinski definition) is 3. The molecule has 0 spiro atoms. The smallest absolute Gasteiger partial charge is 0.227 e. The normalized spacial score (nSPS) is 11.0. The van der Waals surface area contributed by atoms with Crippen molar-refractivity contribution in [2.75, 3.05) is 7.11 Å². The van der Waals surface area contributed by atoms with Crippen LogP contribution in [0.1, 0.15) is 5.56 Å². The Kier molecular flexibility index (Phi) is 3.56. The van der Waals surface area contributed by atoms with E-state index in [0.29, 0.717) is 5.89 Å². The zero-order valence-corrected chi connectivity index (χ0v) is 14.1. The van der Waals surface area contributed by atoms with Crippen LogP contribution in [0.5, 0.6) is 5.75 Å². The summed E-state index contributed by atoms with van der Waals surface area (Å²) in [6, 6.07) is 9.59. The number of methoxy groups -OCH3 is 1. The second kappa shape index (κ2) is 5.22. The topological polar surface area (TPSA) is 35.3 Å². The molecule has 102 valence electrons. The van der Waals surface area contributed by atoms with Crippen LogP contribution in [-0.4, -0.2) is 12.1 Å². The van der Waals surface area contributed by atoms with Crippen LogP contribution in [0.3, 0.4) is 0 Å². The van der Waals surface area contributed by atoms with Crippen molar-refractivity contribution in [1.82, 2.24) is 4.98 Å². The third-order valence-corrected chi connectivity index (χ3v) is 4.77. The summed E-state index contributed by atoms with van der Waals surface area (Å²) in [5, 5.41) is 0. The summed E-state index contributed by atoms with van der Waals surface area (Å²) in [4.78, 5) is 4.52. The summed E-state index contributed by atoms with van der Waals surface area (Å²) in [6.45, 7) is 2.04. The summed E-state index contributed by atoms with van der Waals surface area (Å²) in [5.74, 6) is 1.36. The van der Waals surface area contributed by atoms with Crippen molar-refractivity contribution < 1.29 is 9.15 Å². The van der Waals surface area contributed by atoms with Crippen molar-refractivity contribution in [3.63, 3.8) is 0 Å². The minimum Gasteiger partial charge on any atom is -0.497 e. The van der Waals surface area contributed by atoms with Gasteiger partial charge in [-0.1, -0.05) is 31.9 Å². The molecule has 3 nitrogen and oxygen atoms in total. The van der Waals surface area contributed by atoms with Crippen molar-refractivity contribution >= 4 is 43.0 Å². The van der Waals surface area contributed by atoms with E-state index in [1.54, 1.807) is 7.11 Å². The van der Waals surface area contributed by atoms with E-state index in [9.17, 15) is 0 Å². The molecule has 0 radical (unpaired) electrons. The number of oxazole rings is 1. The van der Waals surface area contributed by atoms with Gasteiger partial charge in [-0.3, -0.25) is 0 Å². The van der Waals surface area contributed by atoms with Gasteiger partial charge in [0.05, 0.1) is 7.11 Å². The summed E-state index contributed by atoms with van der Waals surface area (Å²) in [6.07, 6.45) is 0. The molecule has 2 aromatic carbocycles. The number of aromatic nitrogens is 1. The van der Waals surface area contributed by atoms with Gasteiger partial charge in [-0.05, 0) is 36.8 Å². The quantitative estimate of drug-likeness (QED) is 0.586. The predicted octanol–water partition coefficient (Wildman–Crippen LogP) is 5.34. The molecule has 0 aliphatic carbocycles. The Morgan fingerprint density at radius 1 is 1.10 bits per heavy atom. The standard InChI is InChI=1S/C15H11Br2NO2/c1-8-11(16)5-9(6-12(8)17)15-18-13-7-10(19-2)3-4-14(13)20-15/h3-7H,1-2H3. The lowest BCUT2D eigenvalue weighted by Gasteiger charge is -2.03.